The lowest BCUT2D eigenvalue weighted by molar-refractivity contribution is 0.0115. The van der Waals surface area contributed by atoms with Gasteiger partial charge in [-0.25, -0.2) is 9.97 Å². The molecule has 0 amide bonds. The van der Waals surface area contributed by atoms with Crippen LogP contribution in [0.3, 0.4) is 0 Å². The molecule has 3 fully saturated rings. The zero-order valence-electron chi connectivity index (χ0n) is 20.1. The quantitative estimate of drug-likeness (QED) is 0.586. The third-order valence-electron chi connectivity index (χ3n) is 7.06. The highest BCUT2D eigenvalue weighted by atomic mass is 16.5. The third kappa shape index (κ3) is 6.21. The SMILES string of the molecule is c1cc(-c2nc(NCCCN3CCOCC3)cc(N3CCC(N4CCOCC4)CC3)n2)ccn1. The lowest BCUT2D eigenvalue weighted by Crippen LogP contribution is -2.49. The van der Waals surface area contributed by atoms with Gasteiger partial charge in [0.2, 0.25) is 0 Å². The Bertz CT molecular complexity index is 880. The highest BCUT2D eigenvalue weighted by Gasteiger charge is 2.27. The summed E-state index contributed by atoms with van der Waals surface area (Å²) in [6.45, 7) is 11.6. The van der Waals surface area contributed by atoms with Crippen molar-refractivity contribution in [3.05, 3.63) is 30.6 Å². The van der Waals surface area contributed by atoms with E-state index in [2.05, 4.69) is 31.1 Å². The summed E-state index contributed by atoms with van der Waals surface area (Å²) >= 11 is 0. The Kier molecular flexibility index (Phi) is 8.18. The van der Waals surface area contributed by atoms with Crippen molar-refractivity contribution in [1.82, 2.24) is 24.8 Å². The van der Waals surface area contributed by atoms with Gasteiger partial charge in [0.15, 0.2) is 5.82 Å². The second-order valence-corrected chi connectivity index (χ2v) is 9.27. The van der Waals surface area contributed by atoms with Crippen LogP contribution < -0.4 is 10.2 Å². The second-order valence-electron chi connectivity index (χ2n) is 9.27. The average Bonchev–Trinajstić information content (AvgIpc) is 2.93. The molecule has 5 rings (SSSR count). The fraction of sp³-hybridized carbons (Fsp3) is 0.640. The molecule has 0 spiro atoms. The van der Waals surface area contributed by atoms with Crippen LogP contribution in [0, 0.1) is 0 Å². The number of nitrogens with zero attached hydrogens (tertiary/aromatic N) is 6. The van der Waals surface area contributed by atoms with Crippen molar-refractivity contribution in [3.63, 3.8) is 0 Å². The predicted octanol–water partition coefficient (Wildman–Crippen LogP) is 1.97. The standard InChI is InChI=1S/C25H37N7O2/c1(9-30-12-16-33-17-13-30)6-27-23-20-24(29-25(28-23)21-2-7-26-8-3-21)32-10-4-22(5-11-32)31-14-18-34-19-15-31/h2-3,7-8,20,22H,1,4-6,9-19H2,(H,27,28,29). The molecule has 9 nitrogen and oxygen atoms in total. The number of rotatable bonds is 8. The molecule has 9 heteroatoms. The van der Waals surface area contributed by atoms with E-state index in [1.54, 1.807) is 12.4 Å². The summed E-state index contributed by atoms with van der Waals surface area (Å²) in [5, 5.41) is 3.56. The maximum absolute atomic E-state index is 5.54. The average molecular weight is 468 g/mol. The van der Waals surface area contributed by atoms with Gasteiger partial charge in [0.1, 0.15) is 11.6 Å². The molecule has 34 heavy (non-hydrogen) atoms. The summed E-state index contributed by atoms with van der Waals surface area (Å²) < 4.78 is 11.0. The minimum absolute atomic E-state index is 0.652. The topological polar surface area (TPSA) is 78.9 Å². The Morgan fingerprint density at radius 2 is 1.59 bits per heavy atom. The van der Waals surface area contributed by atoms with Crippen molar-refractivity contribution in [2.45, 2.75) is 25.3 Å². The second kappa shape index (κ2) is 11.9. The van der Waals surface area contributed by atoms with Crippen molar-refractivity contribution in [2.75, 3.05) is 89.0 Å². The van der Waals surface area contributed by atoms with Crippen LogP contribution in [0.5, 0.6) is 0 Å². The zero-order valence-corrected chi connectivity index (χ0v) is 20.1. The van der Waals surface area contributed by atoms with E-state index in [0.29, 0.717) is 6.04 Å². The highest BCUT2D eigenvalue weighted by molar-refractivity contribution is 5.61. The van der Waals surface area contributed by atoms with Crippen LogP contribution in [0.1, 0.15) is 19.3 Å². The van der Waals surface area contributed by atoms with Crippen molar-refractivity contribution in [3.8, 4) is 11.4 Å². The molecule has 3 aliphatic rings. The van der Waals surface area contributed by atoms with Crippen LogP contribution in [0.15, 0.2) is 30.6 Å². The first kappa shape index (κ1) is 23.4. The van der Waals surface area contributed by atoms with Crippen LogP contribution in [0.2, 0.25) is 0 Å². The third-order valence-corrected chi connectivity index (χ3v) is 7.06. The number of hydrogen-bond acceptors (Lipinski definition) is 9. The molecule has 0 bridgehead atoms. The van der Waals surface area contributed by atoms with E-state index < -0.39 is 0 Å². The molecule has 0 saturated carbocycles. The first-order valence-electron chi connectivity index (χ1n) is 12.8. The van der Waals surface area contributed by atoms with Gasteiger partial charge in [-0.15, -0.1) is 0 Å². The van der Waals surface area contributed by atoms with Gasteiger partial charge in [-0.2, -0.15) is 0 Å². The Morgan fingerprint density at radius 1 is 0.882 bits per heavy atom. The number of pyridine rings is 1. The molecule has 2 aromatic rings. The highest BCUT2D eigenvalue weighted by Crippen LogP contribution is 2.26. The summed E-state index contributed by atoms with van der Waals surface area (Å²) in [4.78, 5) is 21.4. The van der Waals surface area contributed by atoms with Crippen LogP contribution in [0.25, 0.3) is 11.4 Å². The van der Waals surface area contributed by atoms with Crippen LogP contribution >= 0.6 is 0 Å². The lowest BCUT2D eigenvalue weighted by atomic mass is 10.0. The fourth-order valence-electron chi connectivity index (χ4n) is 5.06. The van der Waals surface area contributed by atoms with E-state index in [4.69, 9.17) is 19.4 Å². The number of piperidine rings is 1. The minimum Gasteiger partial charge on any atom is -0.379 e. The normalized spacial score (nSPS) is 21.0. The first-order chi connectivity index (χ1) is 16.8. The van der Waals surface area contributed by atoms with Gasteiger partial charge >= 0.3 is 0 Å². The van der Waals surface area contributed by atoms with Gasteiger partial charge in [-0.3, -0.25) is 14.8 Å². The number of morpholine rings is 2. The Balaban J connectivity index is 1.23. The Morgan fingerprint density at radius 3 is 2.32 bits per heavy atom. The molecule has 0 unspecified atom stereocenters. The molecule has 3 saturated heterocycles. The summed E-state index contributed by atoms with van der Waals surface area (Å²) in [5.41, 5.74) is 0.997. The summed E-state index contributed by atoms with van der Waals surface area (Å²) in [6, 6.07) is 6.73. The monoisotopic (exact) mass is 467 g/mol. The molecule has 3 aliphatic heterocycles. The van der Waals surface area contributed by atoms with E-state index >= 15 is 0 Å². The molecule has 0 aromatic carbocycles. The van der Waals surface area contributed by atoms with E-state index in [9.17, 15) is 0 Å². The molecule has 0 atom stereocenters. The first-order valence-corrected chi connectivity index (χ1v) is 12.8. The lowest BCUT2D eigenvalue weighted by Gasteiger charge is -2.40. The van der Waals surface area contributed by atoms with Gasteiger partial charge in [0.25, 0.3) is 0 Å². The zero-order chi connectivity index (χ0) is 23.0. The molecule has 5 heterocycles. The molecular formula is C25H37N7O2. The summed E-state index contributed by atoms with van der Waals surface area (Å²) in [5.74, 6) is 2.66. The smallest absolute Gasteiger partial charge is 0.163 e. The van der Waals surface area contributed by atoms with Gasteiger partial charge in [0.05, 0.1) is 26.4 Å². The van der Waals surface area contributed by atoms with Crippen molar-refractivity contribution in [1.29, 1.82) is 0 Å². The van der Waals surface area contributed by atoms with Gasteiger partial charge in [-0.05, 0) is 37.9 Å². The number of hydrogen-bond donors (Lipinski definition) is 1. The molecule has 0 aliphatic carbocycles. The van der Waals surface area contributed by atoms with E-state index in [1.165, 1.54) is 0 Å². The van der Waals surface area contributed by atoms with Crippen LogP contribution in [-0.4, -0.2) is 110 Å². The van der Waals surface area contributed by atoms with E-state index in [0.717, 1.165) is 121 Å². The molecule has 0 radical (unpaired) electrons. The molecule has 2 aromatic heterocycles. The number of aromatic nitrogens is 3. The van der Waals surface area contributed by atoms with Crippen molar-refractivity contribution >= 4 is 11.6 Å². The maximum Gasteiger partial charge on any atom is 0.163 e. The van der Waals surface area contributed by atoms with E-state index in [1.807, 2.05) is 12.1 Å². The maximum atomic E-state index is 5.54. The van der Waals surface area contributed by atoms with E-state index in [-0.39, 0.29) is 0 Å². The molecule has 1 N–H and O–H groups in total. The fourth-order valence-corrected chi connectivity index (χ4v) is 5.06. The number of anilines is 2. The van der Waals surface area contributed by atoms with Gasteiger partial charge in [-0.1, -0.05) is 0 Å². The molecular weight excluding hydrogens is 430 g/mol. The Labute approximate surface area is 202 Å². The predicted molar refractivity (Wildman–Crippen MR) is 133 cm³/mol. The molecule has 184 valence electrons. The largest absolute Gasteiger partial charge is 0.379 e. The van der Waals surface area contributed by atoms with Crippen LogP contribution in [-0.2, 0) is 9.47 Å². The van der Waals surface area contributed by atoms with Crippen molar-refractivity contribution < 1.29 is 9.47 Å². The summed E-state index contributed by atoms with van der Waals surface area (Å²) in [7, 11) is 0. The van der Waals surface area contributed by atoms with Crippen LogP contribution in [0.4, 0.5) is 11.6 Å². The van der Waals surface area contributed by atoms with Gasteiger partial charge < -0.3 is 19.7 Å². The number of ether oxygens (including phenoxy) is 2. The van der Waals surface area contributed by atoms with Gasteiger partial charge in [0, 0.05) is 75.9 Å². The number of nitrogens with one attached hydrogen (secondary N) is 1. The minimum atomic E-state index is 0.652. The van der Waals surface area contributed by atoms with Crippen molar-refractivity contribution in [2.24, 2.45) is 0 Å². The Hall–Kier alpha value is -2.33. The summed E-state index contributed by atoms with van der Waals surface area (Å²) in [6.07, 6.45) is 7.01.